The Morgan fingerprint density at radius 3 is 2.23 bits per heavy atom. The molecule has 0 aromatic heterocycles. The van der Waals surface area contributed by atoms with Gasteiger partial charge in [-0.1, -0.05) is 35.9 Å². The fraction of sp³-hybridized carbons (Fsp3) is 0.429. The molecule has 0 unspecified atom stereocenters. The Balaban J connectivity index is 0.00000338. The molecule has 144 valence electrons. The Morgan fingerprint density at radius 2 is 1.62 bits per heavy atom. The highest BCUT2D eigenvalue weighted by Gasteiger charge is 2.15. The summed E-state index contributed by atoms with van der Waals surface area (Å²) in [5, 5.41) is 12.7. The van der Waals surface area contributed by atoms with Gasteiger partial charge in [0, 0.05) is 12.1 Å². The molecular weight excluding hydrogens is 350 g/mol. The number of aryl methyl sites for hydroxylation is 1. The van der Waals surface area contributed by atoms with Crippen LogP contribution in [0.2, 0.25) is 0 Å². The van der Waals surface area contributed by atoms with Crippen molar-refractivity contribution in [3.63, 3.8) is 0 Å². The zero-order chi connectivity index (χ0) is 18.3. The summed E-state index contributed by atoms with van der Waals surface area (Å²) < 4.78 is 11.7. The highest BCUT2D eigenvalue weighted by atomic mass is 35.5. The Bertz CT molecular complexity index is 671. The van der Waals surface area contributed by atoms with Crippen LogP contribution in [0.5, 0.6) is 11.5 Å². The van der Waals surface area contributed by atoms with Gasteiger partial charge in [-0.15, -0.1) is 12.4 Å². The van der Waals surface area contributed by atoms with Gasteiger partial charge in [0.2, 0.25) is 0 Å². The van der Waals surface area contributed by atoms with Gasteiger partial charge in [-0.25, -0.2) is 0 Å². The number of nitrogens with one attached hydrogen (secondary N) is 1. The van der Waals surface area contributed by atoms with Crippen LogP contribution in [0.1, 0.15) is 37.5 Å². The summed E-state index contributed by atoms with van der Waals surface area (Å²) in [7, 11) is 0. The molecule has 0 aliphatic rings. The highest BCUT2D eigenvalue weighted by molar-refractivity contribution is 5.85. The molecule has 0 aliphatic heterocycles. The highest BCUT2D eigenvalue weighted by Crippen LogP contribution is 2.29. The Morgan fingerprint density at radius 1 is 0.962 bits per heavy atom. The zero-order valence-corrected chi connectivity index (χ0v) is 16.9. The van der Waals surface area contributed by atoms with Crippen molar-refractivity contribution in [2.75, 3.05) is 13.2 Å². The molecule has 2 aromatic carbocycles. The lowest BCUT2D eigenvalue weighted by atomic mass is 10.1. The average molecular weight is 380 g/mol. The second-order valence-electron chi connectivity index (χ2n) is 6.88. The fourth-order valence-corrected chi connectivity index (χ4v) is 2.29. The van der Waals surface area contributed by atoms with Crippen molar-refractivity contribution < 1.29 is 14.6 Å². The number of hydrogen-bond acceptors (Lipinski definition) is 4. The topological polar surface area (TPSA) is 50.7 Å². The van der Waals surface area contributed by atoms with Crippen LogP contribution in [0.25, 0.3) is 0 Å². The van der Waals surface area contributed by atoms with Crippen molar-refractivity contribution in [2.24, 2.45) is 0 Å². The predicted molar refractivity (Wildman–Crippen MR) is 108 cm³/mol. The maximum Gasteiger partial charge on any atom is 0.161 e. The van der Waals surface area contributed by atoms with Gasteiger partial charge in [-0.3, -0.25) is 0 Å². The summed E-state index contributed by atoms with van der Waals surface area (Å²) in [6.07, 6.45) is 0. The van der Waals surface area contributed by atoms with E-state index in [1.54, 1.807) is 0 Å². The van der Waals surface area contributed by atoms with E-state index in [1.807, 2.05) is 39.0 Å². The summed E-state index contributed by atoms with van der Waals surface area (Å²) in [5.74, 6) is 1.49. The normalized spacial score (nSPS) is 11.0. The Kier molecular flexibility index (Phi) is 8.93. The van der Waals surface area contributed by atoms with Crippen LogP contribution in [0.4, 0.5) is 0 Å². The molecule has 5 heteroatoms. The van der Waals surface area contributed by atoms with E-state index < -0.39 is 0 Å². The number of aliphatic hydroxyl groups excluding tert-OH is 1. The molecule has 2 aromatic rings. The summed E-state index contributed by atoms with van der Waals surface area (Å²) in [5.41, 5.74) is 3.14. The maximum absolute atomic E-state index is 9.34. The monoisotopic (exact) mass is 379 g/mol. The van der Waals surface area contributed by atoms with Gasteiger partial charge in [0.05, 0.1) is 13.2 Å². The molecule has 26 heavy (non-hydrogen) atoms. The third-order valence-corrected chi connectivity index (χ3v) is 3.99. The van der Waals surface area contributed by atoms with E-state index in [2.05, 4.69) is 36.5 Å². The lowest BCUT2D eigenvalue weighted by Crippen LogP contribution is -2.42. The van der Waals surface area contributed by atoms with Crippen molar-refractivity contribution in [2.45, 2.75) is 46.4 Å². The minimum Gasteiger partial charge on any atom is -0.490 e. The molecule has 0 atom stereocenters. The maximum atomic E-state index is 9.34. The smallest absolute Gasteiger partial charge is 0.161 e. The average Bonchev–Trinajstić information content (AvgIpc) is 2.61. The van der Waals surface area contributed by atoms with Gasteiger partial charge in [0.25, 0.3) is 0 Å². The first-order valence-electron chi connectivity index (χ1n) is 8.73. The first-order chi connectivity index (χ1) is 11.9. The summed E-state index contributed by atoms with van der Waals surface area (Å²) in [6, 6.07) is 14.3. The van der Waals surface area contributed by atoms with Crippen molar-refractivity contribution in [1.82, 2.24) is 5.32 Å². The van der Waals surface area contributed by atoms with E-state index in [0.717, 1.165) is 22.6 Å². The van der Waals surface area contributed by atoms with Crippen LogP contribution in [0, 0.1) is 6.92 Å². The lowest BCUT2D eigenvalue weighted by molar-refractivity contribution is 0.187. The quantitative estimate of drug-likeness (QED) is 0.683. The summed E-state index contributed by atoms with van der Waals surface area (Å²) in [4.78, 5) is 0. The Labute approximate surface area is 162 Å². The first kappa shape index (κ1) is 22.3. The molecule has 0 fully saturated rings. The van der Waals surface area contributed by atoms with E-state index in [0.29, 0.717) is 19.8 Å². The zero-order valence-electron chi connectivity index (χ0n) is 16.0. The molecule has 0 spiro atoms. The lowest BCUT2D eigenvalue weighted by Gasteiger charge is -2.24. The van der Waals surface area contributed by atoms with E-state index in [-0.39, 0.29) is 24.6 Å². The third-order valence-electron chi connectivity index (χ3n) is 3.99. The number of ether oxygens (including phenoxy) is 2. The van der Waals surface area contributed by atoms with Crippen LogP contribution in [-0.2, 0) is 13.2 Å². The molecular formula is C21H30ClNO3. The molecule has 2 rings (SSSR count). The number of hydrogen-bond donors (Lipinski definition) is 2. The van der Waals surface area contributed by atoms with Gasteiger partial charge in [-0.2, -0.15) is 0 Å². The molecule has 0 saturated heterocycles. The SMILES string of the molecule is CCOc1cc(CNC(C)(C)CO)ccc1OCc1ccc(C)cc1.Cl. The van der Waals surface area contributed by atoms with E-state index in [9.17, 15) is 5.11 Å². The molecule has 0 bridgehead atoms. The third kappa shape index (κ3) is 6.87. The minimum atomic E-state index is -0.313. The molecule has 0 heterocycles. The van der Waals surface area contributed by atoms with Crippen LogP contribution >= 0.6 is 12.4 Å². The minimum absolute atomic E-state index is 0. The van der Waals surface area contributed by atoms with Crippen molar-refractivity contribution >= 4 is 12.4 Å². The molecule has 0 aliphatic carbocycles. The van der Waals surface area contributed by atoms with Crippen molar-refractivity contribution in [3.05, 3.63) is 59.2 Å². The van der Waals surface area contributed by atoms with Gasteiger partial charge < -0.3 is 19.9 Å². The van der Waals surface area contributed by atoms with Crippen LogP contribution in [0.15, 0.2) is 42.5 Å². The number of halogens is 1. The number of benzene rings is 2. The first-order valence-corrected chi connectivity index (χ1v) is 8.73. The standard InChI is InChI=1S/C21H29NO3.ClH/c1-5-24-20-12-18(13-22-21(3,4)15-23)10-11-19(20)25-14-17-8-6-16(2)7-9-17;/h6-12,22-23H,5,13-15H2,1-4H3;1H. The molecule has 0 saturated carbocycles. The van der Waals surface area contributed by atoms with E-state index in [1.165, 1.54) is 5.56 Å². The van der Waals surface area contributed by atoms with Gasteiger partial charge in [-0.05, 0) is 51.0 Å². The molecule has 0 amide bonds. The second kappa shape index (κ2) is 10.4. The molecule has 4 nitrogen and oxygen atoms in total. The molecule has 0 radical (unpaired) electrons. The van der Waals surface area contributed by atoms with Crippen LogP contribution < -0.4 is 14.8 Å². The van der Waals surface area contributed by atoms with Crippen molar-refractivity contribution in [3.8, 4) is 11.5 Å². The number of rotatable bonds is 9. The summed E-state index contributed by atoms with van der Waals surface area (Å²) >= 11 is 0. The van der Waals surface area contributed by atoms with Gasteiger partial charge in [0.15, 0.2) is 11.5 Å². The Hall–Kier alpha value is -1.75. The molecule has 2 N–H and O–H groups in total. The van der Waals surface area contributed by atoms with Crippen LogP contribution in [0.3, 0.4) is 0 Å². The summed E-state index contributed by atoms with van der Waals surface area (Å²) in [6.45, 7) is 9.81. The predicted octanol–water partition coefficient (Wildman–Crippen LogP) is 4.26. The van der Waals surface area contributed by atoms with E-state index in [4.69, 9.17) is 9.47 Å². The van der Waals surface area contributed by atoms with Gasteiger partial charge >= 0.3 is 0 Å². The van der Waals surface area contributed by atoms with E-state index >= 15 is 0 Å². The fourth-order valence-electron chi connectivity index (χ4n) is 2.29. The van der Waals surface area contributed by atoms with Gasteiger partial charge in [0.1, 0.15) is 6.61 Å². The van der Waals surface area contributed by atoms with Crippen LogP contribution in [-0.4, -0.2) is 23.9 Å². The van der Waals surface area contributed by atoms with Crippen molar-refractivity contribution in [1.29, 1.82) is 0 Å². The second-order valence-corrected chi connectivity index (χ2v) is 6.88. The largest absolute Gasteiger partial charge is 0.490 e. The number of aliphatic hydroxyl groups is 1.